The first-order chi connectivity index (χ1) is 17.6. The molecule has 2 aromatic rings. The molecule has 0 bridgehead atoms. The summed E-state index contributed by atoms with van der Waals surface area (Å²) in [6, 6.07) is 11.8. The van der Waals surface area contributed by atoms with Gasteiger partial charge in [-0.3, -0.25) is 4.79 Å². The normalized spacial score (nSPS) is 11.1. The lowest BCUT2D eigenvalue weighted by Crippen LogP contribution is -2.03. The predicted molar refractivity (Wildman–Crippen MR) is 151 cm³/mol. The van der Waals surface area contributed by atoms with Crippen LogP contribution in [0.2, 0.25) is 0 Å². The van der Waals surface area contributed by atoms with Gasteiger partial charge in [-0.25, -0.2) is 0 Å². The summed E-state index contributed by atoms with van der Waals surface area (Å²) in [7, 11) is 0. The Bertz CT molecular complexity index is 901. The molecule has 0 aliphatic carbocycles. The van der Waals surface area contributed by atoms with Crippen LogP contribution in [-0.4, -0.2) is 25.6 Å². The Kier molecular flexibility index (Phi) is 14.4. The highest BCUT2D eigenvalue weighted by atomic mass is 16.5. The lowest BCUT2D eigenvalue weighted by molar-refractivity contribution is 0.104. The topological polar surface area (TPSA) is 44.8 Å². The third kappa shape index (κ3) is 10.9. The van der Waals surface area contributed by atoms with Crippen molar-refractivity contribution >= 4 is 11.9 Å². The number of benzene rings is 2. The van der Waals surface area contributed by atoms with E-state index in [-0.39, 0.29) is 5.78 Å². The van der Waals surface area contributed by atoms with Gasteiger partial charge in [0.15, 0.2) is 5.78 Å². The third-order valence-electron chi connectivity index (χ3n) is 6.10. The average Bonchev–Trinajstić information content (AvgIpc) is 2.90. The molecule has 0 heterocycles. The van der Waals surface area contributed by atoms with Crippen LogP contribution < -0.4 is 14.2 Å². The first-order valence-electron chi connectivity index (χ1n) is 14.0. The number of rotatable bonds is 19. The molecule has 0 saturated carbocycles. The zero-order valence-corrected chi connectivity index (χ0v) is 22.9. The van der Waals surface area contributed by atoms with Crippen LogP contribution >= 0.6 is 0 Å². The van der Waals surface area contributed by atoms with Crippen molar-refractivity contribution in [3.63, 3.8) is 0 Å². The molecule has 0 aliphatic heterocycles. The maximum atomic E-state index is 13.2. The molecule has 0 saturated heterocycles. The minimum absolute atomic E-state index is 0.0775. The Morgan fingerprint density at radius 1 is 0.694 bits per heavy atom. The molecule has 0 unspecified atom stereocenters. The van der Waals surface area contributed by atoms with Crippen molar-refractivity contribution in [3.05, 3.63) is 59.2 Å². The summed E-state index contributed by atoms with van der Waals surface area (Å²) in [5.41, 5.74) is 2.72. The molecule has 0 aromatic heterocycles. The summed E-state index contributed by atoms with van der Waals surface area (Å²) in [6.07, 6.45) is 14.3. The molecule has 0 spiro atoms. The molecule has 0 amide bonds. The molecule has 0 radical (unpaired) electrons. The minimum Gasteiger partial charge on any atom is -0.493 e. The van der Waals surface area contributed by atoms with Crippen LogP contribution in [0.3, 0.4) is 0 Å². The van der Waals surface area contributed by atoms with Crippen LogP contribution in [0.1, 0.15) is 107 Å². The van der Waals surface area contributed by atoms with Crippen molar-refractivity contribution in [2.75, 3.05) is 19.8 Å². The zero-order valence-electron chi connectivity index (χ0n) is 22.9. The van der Waals surface area contributed by atoms with Crippen LogP contribution in [-0.2, 0) is 6.42 Å². The van der Waals surface area contributed by atoms with E-state index in [1.807, 2.05) is 30.3 Å². The quantitative estimate of drug-likeness (QED) is 0.111. The fraction of sp³-hybridized carbons (Fsp3) is 0.531. The summed E-state index contributed by atoms with van der Waals surface area (Å²) in [5.74, 6) is 2.11. The maximum Gasteiger partial charge on any atom is 0.186 e. The van der Waals surface area contributed by atoms with E-state index in [2.05, 4.69) is 39.8 Å². The van der Waals surface area contributed by atoms with Gasteiger partial charge in [0.2, 0.25) is 0 Å². The maximum absolute atomic E-state index is 13.2. The molecular formula is C32H46O4. The third-order valence-corrected chi connectivity index (χ3v) is 6.10. The van der Waals surface area contributed by atoms with Crippen LogP contribution in [0.25, 0.3) is 6.08 Å². The second kappa shape index (κ2) is 17.6. The summed E-state index contributed by atoms with van der Waals surface area (Å²) in [6.45, 7) is 10.6. The molecular weight excluding hydrogens is 448 g/mol. The van der Waals surface area contributed by atoms with Gasteiger partial charge in [-0.15, -0.1) is 0 Å². The van der Waals surface area contributed by atoms with E-state index < -0.39 is 0 Å². The number of ether oxygens (including phenoxy) is 3. The molecule has 198 valence electrons. The second-order valence-electron chi connectivity index (χ2n) is 9.28. The molecule has 2 rings (SSSR count). The van der Waals surface area contributed by atoms with Gasteiger partial charge in [-0.05, 0) is 67.7 Å². The van der Waals surface area contributed by atoms with Gasteiger partial charge in [-0.2, -0.15) is 0 Å². The van der Waals surface area contributed by atoms with Crippen LogP contribution in [0.5, 0.6) is 17.2 Å². The second-order valence-corrected chi connectivity index (χ2v) is 9.28. The number of carbonyl (C=O) groups is 1. The van der Waals surface area contributed by atoms with Crippen LogP contribution in [0.15, 0.2) is 42.5 Å². The number of hydrogen-bond donors (Lipinski definition) is 0. The molecule has 0 aliphatic rings. The van der Waals surface area contributed by atoms with E-state index >= 15 is 0 Å². The number of ketones is 1. The van der Waals surface area contributed by atoms with Crippen molar-refractivity contribution in [2.45, 2.75) is 91.9 Å². The SMILES string of the molecule is CCCCCOc1cc(OCCCCC)cc(C(=O)C=Cc2cc(CC)ccc2OCCCCC)c1. The number of aryl methyl sites for hydroxylation is 1. The summed E-state index contributed by atoms with van der Waals surface area (Å²) in [4.78, 5) is 13.2. The zero-order chi connectivity index (χ0) is 26.0. The number of unbranched alkanes of at least 4 members (excludes halogenated alkanes) is 6. The fourth-order valence-electron chi connectivity index (χ4n) is 3.84. The lowest BCUT2D eigenvalue weighted by Gasteiger charge is -2.12. The van der Waals surface area contributed by atoms with E-state index in [0.717, 1.165) is 75.5 Å². The summed E-state index contributed by atoms with van der Waals surface area (Å²) >= 11 is 0. The number of hydrogen-bond acceptors (Lipinski definition) is 4. The number of allylic oxidation sites excluding steroid dienone is 1. The van der Waals surface area contributed by atoms with E-state index in [9.17, 15) is 4.79 Å². The molecule has 36 heavy (non-hydrogen) atoms. The minimum atomic E-state index is -0.0775. The Hall–Kier alpha value is -2.75. The van der Waals surface area contributed by atoms with Gasteiger partial charge in [0.05, 0.1) is 19.8 Å². The molecule has 4 heteroatoms. The van der Waals surface area contributed by atoms with Gasteiger partial charge < -0.3 is 14.2 Å². The highest BCUT2D eigenvalue weighted by Crippen LogP contribution is 2.26. The van der Waals surface area contributed by atoms with Gasteiger partial charge in [-0.1, -0.05) is 72.3 Å². The Morgan fingerprint density at radius 2 is 1.25 bits per heavy atom. The van der Waals surface area contributed by atoms with Crippen molar-refractivity contribution in [3.8, 4) is 17.2 Å². The average molecular weight is 495 g/mol. The van der Waals surface area contributed by atoms with E-state index in [1.165, 1.54) is 5.56 Å². The summed E-state index contributed by atoms with van der Waals surface area (Å²) in [5, 5.41) is 0. The molecule has 0 N–H and O–H groups in total. The lowest BCUT2D eigenvalue weighted by atomic mass is 10.0. The number of carbonyl (C=O) groups excluding carboxylic acids is 1. The van der Waals surface area contributed by atoms with Gasteiger partial charge in [0, 0.05) is 17.2 Å². The first kappa shape index (κ1) is 29.5. The van der Waals surface area contributed by atoms with Gasteiger partial charge in [0.1, 0.15) is 17.2 Å². The molecule has 0 fully saturated rings. The largest absolute Gasteiger partial charge is 0.493 e. The smallest absolute Gasteiger partial charge is 0.186 e. The van der Waals surface area contributed by atoms with Gasteiger partial charge >= 0.3 is 0 Å². The highest BCUT2D eigenvalue weighted by molar-refractivity contribution is 6.07. The van der Waals surface area contributed by atoms with Crippen molar-refractivity contribution in [1.29, 1.82) is 0 Å². The van der Waals surface area contributed by atoms with E-state index in [4.69, 9.17) is 14.2 Å². The Labute approximate surface area is 219 Å². The fourth-order valence-corrected chi connectivity index (χ4v) is 3.84. The van der Waals surface area contributed by atoms with Crippen LogP contribution in [0, 0.1) is 0 Å². The molecule has 2 aromatic carbocycles. The molecule has 0 atom stereocenters. The Balaban J connectivity index is 2.20. The van der Waals surface area contributed by atoms with E-state index in [1.54, 1.807) is 6.08 Å². The predicted octanol–water partition coefficient (Wildman–Crippen LogP) is 8.85. The summed E-state index contributed by atoms with van der Waals surface area (Å²) < 4.78 is 18.0. The Morgan fingerprint density at radius 3 is 1.78 bits per heavy atom. The van der Waals surface area contributed by atoms with Crippen molar-refractivity contribution in [2.24, 2.45) is 0 Å². The van der Waals surface area contributed by atoms with Gasteiger partial charge in [0.25, 0.3) is 0 Å². The monoisotopic (exact) mass is 494 g/mol. The highest BCUT2D eigenvalue weighted by Gasteiger charge is 2.10. The first-order valence-corrected chi connectivity index (χ1v) is 14.0. The standard InChI is InChI=1S/C32H46O4/c1-5-9-12-19-34-29-23-28(24-30(25-29)35-20-13-10-6-2)31(33)17-16-27-22-26(8-4)15-18-32(27)36-21-14-11-7-3/h15-18,22-25H,5-14,19-21H2,1-4H3. The van der Waals surface area contributed by atoms with Crippen molar-refractivity contribution in [1.82, 2.24) is 0 Å². The van der Waals surface area contributed by atoms with Crippen molar-refractivity contribution < 1.29 is 19.0 Å². The molecule has 4 nitrogen and oxygen atoms in total. The van der Waals surface area contributed by atoms with Crippen LogP contribution in [0.4, 0.5) is 0 Å². The van der Waals surface area contributed by atoms with E-state index in [0.29, 0.717) is 36.9 Å².